The van der Waals surface area contributed by atoms with Gasteiger partial charge in [0.1, 0.15) is 6.04 Å². The summed E-state index contributed by atoms with van der Waals surface area (Å²) in [6.45, 7) is 2.58. The summed E-state index contributed by atoms with van der Waals surface area (Å²) in [5.74, 6) is 2.02. The molecule has 4 rings (SSSR count). The molecule has 0 unspecified atom stereocenters. The van der Waals surface area contributed by atoms with Crippen LogP contribution in [0, 0.1) is 6.92 Å². The second-order valence-corrected chi connectivity index (χ2v) is 6.81. The normalized spacial score (nSPS) is 16.9. The van der Waals surface area contributed by atoms with Crippen LogP contribution >= 0.6 is 0 Å². The lowest BCUT2D eigenvalue weighted by Gasteiger charge is -2.33. The van der Waals surface area contributed by atoms with Crippen molar-refractivity contribution < 1.29 is 13.8 Å². The summed E-state index contributed by atoms with van der Waals surface area (Å²) < 4.78 is 10.5. The minimum absolute atomic E-state index is 0.173. The number of nitrogens with one attached hydrogen (secondary N) is 1. The third kappa shape index (κ3) is 4.19. The number of likely N-dealkylation sites (tertiary alicyclic amines) is 1. The highest BCUT2D eigenvalue weighted by Crippen LogP contribution is 2.29. The van der Waals surface area contributed by atoms with Gasteiger partial charge in [0.15, 0.2) is 11.6 Å². The predicted molar refractivity (Wildman–Crippen MR) is 98.1 cm³/mol. The van der Waals surface area contributed by atoms with Gasteiger partial charge in [0.25, 0.3) is 0 Å². The molecule has 3 aromatic rings. The molecule has 146 valence electrons. The van der Waals surface area contributed by atoms with Gasteiger partial charge >= 0.3 is 6.03 Å². The Morgan fingerprint density at radius 1 is 1.18 bits per heavy atom. The molecule has 1 aliphatic rings. The van der Waals surface area contributed by atoms with E-state index in [-0.39, 0.29) is 18.6 Å². The largest absolute Gasteiger partial charge is 0.337 e. The van der Waals surface area contributed by atoms with Crippen molar-refractivity contribution >= 4 is 6.03 Å². The van der Waals surface area contributed by atoms with Gasteiger partial charge < -0.3 is 19.3 Å². The van der Waals surface area contributed by atoms with E-state index in [1.807, 2.05) is 30.3 Å². The zero-order chi connectivity index (χ0) is 19.3. The summed E-state index contributed by atoms with van der Waals surface area (Å²) in [5, 5.41) is 10.7. The molecule has 0 aliphatic carbocycles. The Morgan fingerprint density at radius 3 is 2.82 bits per heavy atom. The Kier molecular flexibility index (Phi) is 5.31. The van der Waals surface area contributed by atoms with Gasteiger partial charge in [0, 0.05) is 13.0 Å². The van der Waals surface area contributed by atoms with Crippen LogP contribution in [0.15, 0.2) is 39.4 Å². The molecule has 1 saturated heterocycles. The van der Waals surface area contributed by atoms with Crippen molar-refractivity contribution in [3.8, 4) is 0 Å². The first kappa shape index (κ1) is 18.1. The number of urea groups is 1. The van der Waals surface area contributed by atoms with Crippen molar-refractivity contribution in [1.29, 1.82) is 0 Å². The highest BCUT2D eigenvalue weighted by Gasteiger charge is 2.32. The summed E-state index contributed by atoms with van der Waals surface area (Å²) in [5.41, 5.74) is 1.10. The van der Waals surface area contributed by atoms with E-state index in [0.717, 1.165) is 24.8 Å². The Hall–Kier alpha value is -3.23. The first-order valence-electron chi connectivity index (χ1n) is 9.39. The smallest absolute Gasteiger partial charge is 0.318 e. The van der Waals surface area contributed by atoms with E-state index in [2.05, 4.69) is 25.6 Å². The third-order valence-corrected chi connectivity index (χ3v) is 4.70. The Labute approximate surface area is 162 Å². The van der Waals surface area contributed by atoms with Gasteiger partial charge in [-0.15, -0.1) is 0 Å². The maximum Gasteiger partial charge on any atom is 0.318 e. The molecule has 0 saturated carbocycles. The van der Waals surface area contributed by atoms with Crippen molar-refractivity contribution in [3.05, 3.63) is 59.3 Å². The third-order valence-electron chi connectivity index (χ3n) is 4.70. The summed E-state index contributed by atoms with van der Waals surface area (Å²) in [6.07, 6.45) is 3.35. The van der Waals surface area contributed by atoms with Crippen molar-refractivity contribution in [3.63, 3.8) is 0 Å². The molecule has 3 heterocycles. The average Bonchev–Trinajstić information content (AvgIpc) is 3.36. The van der Waals surface area contributed by atoms with Crippen LogP contribution in [0.25, 0.3) is 0 Å². The van der Waals surface area contributed by atoms with E-state index in [1.165, 1.54) is 0 Å². The maximum absolute atomic E-state index is 12.7. The van der Waals surface area contributed by atoms with Gasteiger partial charge in [-0.25, -0.2) is 4.79 Å². The van der Waals surface area contributed by atoms with Crippen LogP contribution in [0.1, 0.15) is 54.3 Å². The van der Waals surface area contributed by atoms with Gasteiger partial charge in [-0.3, -0.25) is 0 Å². The lowest BCUT2D eigenvalue weighted by molar-refractivity contribution is 0.131. The van der Waals surface area contributed by atoms with Crippen LogP contribution in [-0.4, -0.2) is 37.8 Å². The second-order valence-electron chi connectivity index (χ2n) is 6.81. The average molecular weight is 382 g/mol. The summed E-state index contributed by atoms with van der Waals surface area (Å²) in [4.78, 5) is 23.1. The topological polar surface area (TPSA) is 110 Å². The number of aryl methyl sites for hydroxylation is 1. The molecule has 1 N–H and O–H groups in total. The highest BCUT2D eigenvalue weighted by atomic mass is 16.5. The Bertz CT molecular complexity index is 923. The molecule has 1 fully saturated rings. The molecular formula is C19H22N6O3. The van der Waals surface area contributed by atoms with Crippen LogP contribution in [0.4, 0.5) is 4.79 Å². The Morgan fingerprint density at radius 2 is 2.04 bits per heavy atom. The van der Waals surface area contributed by atoms with E-state index in [9.17, 15) is 4.79 Å². The van der Waals surface area contributed by atoms with Crippen molar-refractivity contribution in [2.24, 2.45) is 0 Å². The molecule has 1 atom stereocenters. The lowest BCUT2D eigenvalue weighted by atomic mass is 10.0. The van der Waals surface area contributed by atoms with Crippen molar-refractivity contribution in [2.45, 2.75) is 45.2 Å². The fraction of sp³-hybridized carbons (Fsp3) is 0.421. The van der Waals surface area contributed by atoms with Crippen molar-refractivity contribution in [2.75, 3.05) is 6.54 Å². The first-order valence-corrected chi connectivity index (χ1v) is 9.39. The molecule has 2 aromatic heterocycles. The van der Waals surface area contributed by atoms with E-state index in [0.29, 0.717) is 36.4 Å². The van der Waals surface area contributed by atoms with Crippen LogP contribution in [0.3, 0.4) is 0 Å². The molecule has 28 heavy (non-hydrogen) atoms. The lowest BCUT2D eigenvalue weighted by Crippen LogP contribution is -2.44. The fourth-order valence-corrected chi connectivity index (χ4v) is 3.34. The first-order chi connectivity index (χ1) is 13.7. The van der Waals surface area contributed by atoms with E-state index in [1.54, 1.807) is 11.8 Å². The minimum Gasteiger partial charge on any atom is -0.337 e. The number of carbonyl (C=O) groups excluding carboxylic acids is 1. The maximum atomic E-state index is 12.7. The zero-order valence-electron chi connectivity index (χ0n) is 15.7. The minimum atomic E-state index is -0.205. The molecule has 1 aromatic carbocycles. The fourth-order valence-electron chi connectivity index (χ4n) is 3.34. The summed E-state index contributed by atoms with van der Waals surface area (Å²) in [6, 6.07) is 9.51. The number of benzene rings is 1. The van der Waals surface area contributed by atoms with E-state index in [4.69, 9.17) is 9.05 Å². The van der Waals surface area contributed by atoms with Gasteiger partial charge in [0.2, 0.25) is 11.8 Å². The number of aromatic nitrogens is 4. The van der Waals surface area contributed by atoms with Gasteiger partial charge in [-0.2, -0.15) is 9.97 Å². The molecule has 9 heteroatoms. The predicted octanol–water partition coefficient (Wildman–Crippen LogP) is 2.79. The molecule has 2 amide bonds. The molecule has 9 nitrogen and oxygen atoms in total. The number of hydrogen-bond acceptors (Lipinski definition) is 7. The Balaban J connectivity index is 1.35. The molecule has 1 aliphatic heterocycles. The number of amides is 2. The number of piperidine rings is 1. The van der Waals surface area contributed by atoms with Crippen LogP contribution in [0.2, 0.25) is 0 Å². The molecule has 0 spiro atoms. The number of carbonyl (C=O) groups is 1. The monoisotopic (exact) mass is 382 g/mol. The van der Waals surface area contributed by atoms with Gasteiger partial charge in [0.05, 0.1) is 6.54 Å². The number of nitrogens with zero attached hydrogens (tertiary/aromatic N) is 5. The number of hydrogen-bond donors (Lipinski definition) is 1. The molecular weight excluding hydrogens is 360 g/mol. The van der Waals surface area contributed by atoms with Gasteiger partial charge in [-0.05, 0) is 31.7 Å². The number of rotatable bonds is 5. The van der Waals surface area contributed by atoms with Crippen molar-refractivity contribution in [1.82, 2.24) is 30.5 Å². The highest BCUT2D eigenvalue weighted by molar-refractivity contribution is 5.74. The van der Waals surface area contributed by atoms with Crippen LogP contribution in [-0.2, 0) is 13.0 Å². The SMILES string of the molecule is Cc1noc([C@@H]2CCCCN2C(=O)NCc2nc(Cc3ccccc3)no2)n1. The van der Waals surface area contributed by atoms with Gasteiger partial charge in [-0.1, -0.05) is 40.6 Å². The standard InChI is InChI=1S/C19H22N6O3/c1-13-21-18(28-23-13)15-9-5-6-10-25(15)19(26)20-12-17-22-16(24-27-17)11-14-7-3-2-4-8-14/h2-4,7-8,15H,5-6,9-12H2,1H3,(H,20,26)/t15-/m0/s1. The second kappa shape index (κ2) is 8.20. The van der Waals surface area contributed by atoms with E-state index < -0.39 is 0 Å². The van der Waals surface area contributed by atoms with Crippen LogP contribution < -0.4 is 5.32 Å². The summed E-state index contributed by atoms with van der Waals surface area (Å²) in [7, 11) is 0. The molecule has 0 radical (unpaired) electrons. The van der Waals surface area contributed by atoms with Crippen LogP contribution in [0.5, 0.6) is 0 Å². The zero-order valence-corrected chi connectivity index (χ0v) is 15.7. The molecule has 0 bridgehead atoms. The summed E-state index contributed by atoms with van der Waals surface area (Å²) >= 11 is 0. The quantitative estimate of drug-likeness (QED) is 0.722. The van der Waals surface area contributed by atoms with E-state index >= 15 is 0 Å².